The van der Waals surface area contributed by atoms with Crippen molar-refractivity contribution in [3.63, 3.8) is 0 Å². The van der Waals surface area contributed by atoms with Gasteiger partial charge in [0.05, 0.1) is 18.3 Å². The number of rotatable bonds is 15. The third-order valence-corrected chi connectivity index (χ3v) is 19.0. The lowest BCUT2D eigenvalue weighted by molar-refractivity contribution is 0.0590. The summed E-state index contributed by atoms with van der Waals surface area (Å²) in [6.07, 6.45) is 11.6. The normalized spacial score (nSPS) is 16.8. The van der Waals surface area contributed by atoms with Crippen LogP contribution in [0.2, 0.25) is 0 Å². The number of nitrogens with zero attached hydrogens (tertiary/aromatic N) is 9. The van der Waals surface area contributed by atoms with Gasteiger partial charge in [-0.25, -0.2) is 19.3 Å². The van der Waals surface area contributed by atoms with E-state index in [2.05, 4.69) is 55.6 Å². The molecule has 3 saturated heterocycles. The first-order valence-electron chi connectivity index (χ1n) is 32.0. The molecule has 3 aliphatic heterocycles. The van der Waals surface area contributed by atoms with E-state index < -0.39 is 18.3 Å². The number of hydrogen-bond acceptors (Lipinski definition) is 13. The van der Waals surface area contributed by atoms with Crippen molar-refractivity contribution < 1.29 is 24.8 Å². The minimum Gasteiger partial charge on any atom is -0.504 e. The highest BCUT2D eigenvalue weighted by Crippen LogP contribution is 2.34. The summed E-state index contributed by atoms with van der Waals surface area (Å²) >= 11 is 0. The summed E-state index contributed by atoms with van der Waals surface area (Å²) in [7, 11) is 0. The molecule has 17 heteroatoms. The predicted molar refractivity (Wildman–Crippen MR) is 352 cm³/mol. The maximum absolute atomic E-state index is 13.1. The van der Waals surface area contributed by atoms with Gasteiger partial charge in [0.2, 0.25) is 0 Å². The molecule has 3 fully saturated rings. The molecule has 16 nitrogen and oxygen atoms in total. The smallest absolute Gasteiger partial charge is 0.261 e. The van der Waals surface area contributed by atoms with Gasteiger partial charge < -0.3 is 35.1 Å². The average molecular weight is 1220 g/mol. The minimum absolute atomic E-state index is 0.0165. The van der Waals surface area contributed by atoms with E-state index in [9.17, 15) is 39.2 Å². The molecule has 0 saturated carbocycles. The maximum atomic E-state index is 13.1. The van der Waals surface area contributed by atoms with E-state index in [-0.39, 0.29) is 40.1 Å². The number of halogens is 1. The Balaban J connectivity index is 0.000000149. The van der Waals surface area contributed by atoms with Gasteiger partial charge in [-0.15, -0.1) is 0 Å². The summed E-state index contributed by atoms with van der Waals surface area (Å²) in [4.78, 5) is 59.5. The number of aromatic nitrogens is 6. The Morgan fingerprint density at radius 3 is 1.26 bits per heavy atom. The zero-order valence-electron chi connectivity index (χ0n) is 53.2. The molecular formula is C73H88FN9O7. The van der Waals surface area contributed by atoms with E-state index >= 15 is 0 Å². The zero-order valence-corrected chi connectivity index (χ0v) is 53.2. The van der Waals surface area contributed by atoms with Crippen LogP contribution in [-0.2, 0) is 19.3 Å². The molecule has 3 unspecified atom stereocenters. The third-order valence-electron chi connectivity index (χ3n) is 19.0. The molecular weight excluding hydrogens is 1130 g/mol. The molecule has 9 heterocycles. The SMILES string of the molecule is Cc1ccc(C(O)C2CCN(CCc3c(C)nc4c(O)cc(C)cn4c3=O)CC2)cc1.Cc1ccc(C(O)C2CCN(CCc3c(C)nc4ccccn4c3=O)CC2)cc1.Cc1ccc2nc(C)c(CCN3CCC(C(O)c4ccc(F)cc4)CC3)c(=O)n2c1. The average Bonchev–Trinajstić information content (AvgIpc) is 0.948. The second-order valence-electron chi connectivity index (χ2n) is 25.4. The molecule has 3 atom stereocenters. The Morgan fingerprint density at radius 2 is 0.811 bits per heavy atom. The van der Waals surface area contributed by atoms with E-state index in [0.29, 0.717) is 53.4 Å². The summed E-state index contributed by atoms with van der Waals surface area (Å²) in [5.74, 6) is 0.471. The Bertz CT molecular complexity index is 4090. The Morgan fingerprint density at radius 1 is 0.444 bits per heavy atom. The summed E-state index contributed by atoms with van der Waals surface area (Å²) in [6.45, 7) is 21.5. The molecule has 0 radical (unpaired) electrons. The summed E-state index contributed by atoms with van der Waals surface area (Å²) < 4.78 is 17.8. The fraction of sp³-hybridized carbons (Fsp3) is 0.425. The van der Waals surface area contributed by atoms with Crippen molar-refractivity contribution in [1.29, 1.82) is 0 Å². The van der Waals surface area contributed by atoms with Crippen molar-refractivity contribution in [3.8, 4) is 5.75 Å². The largest absolute Gasteiger partial charge is 0.504 e. The number of likely N-dealkylation sites (tertiary alicyclic amines) is 3. The van der Waals surface area contributed by atoms with Crippen LogP contribution in [0.5, 0.6) is 5.75 Å². The van der Waals surface area contributed by atoms with E-state index in [1.807, 2.05) is 108 Å². The molecule has 0 spiro atoms. The topological polar surface area (TPSA) is 194 Å². The first kappa shape index (κ1) is 65.2. The molecule has 12 rings (SSSR count). The summed E-state index contributed by atoms with van der Waals surface area (Å²) in [6, 6.07) is 33.5. The highest BCUT2D eigenvalue weighted by molar-refractivity contribution is 5.55. The van der Waals surface area contributed by atoms with Crippen LogP contribution in [0.1, 0.15) is 130 Å². The van der Waals surface area contributed by atoms with E-state index in [1.165, 1.54) is 27.7 Å². The number of aliphatic hydroxyl groups is 3. The Hall–Kier alpha value is -7.77. The van der Waals surface area contributed by atoms with Gasteiger partial charge in [-0.3, -0.25) is 27.6 Å². The zero-order chi connectivity index (χ0) is 63.8. The van der Waals surface area contributed by atoms with Crippen molar-refractivity contribution in [1.82, 2.24) is 42.9 Å². The molecule has 474 valence electrons. The highest BCUT2D eigenvalue weighted by atomic mass is 19.1. The van der Waals surface area contributed by atoms with E-state index in [4.69, 9.17) is 0 Å². The number of fused-ring (bicyclic) bond motifs is 3. The summed E-state index contributed by atoms with van der Waals surface area (Å²) in [5, 5.41) is 42.3. The van der Waals surface area contributed by atoms with Crippen molar-refractivity contribution in [2.75, 3.05) is 58.9 Å². The van der Waals surface area contributed by atoms with Crippen LogP contribution in [0.15, 0.2) is 142 Å². The van der Waals surface area contributed by atoms with Gasteiger partial charge in [0, 0.05) is 72.0 Å². The van der Waals surface area contributed by atoms with Crippen molar-refractivity contribution in [3.05, 3.63) is 237 Å². The highest BCUT2D eigenvalue weighted by Gasteiger charge is 2.30. The van der Waals surface area contributed by atoms with Gasteiger partial charge in [0.15, 0.2) is 11.4 Å². The molecule has 0 bridgehead atoms. The van der Waals surface area contributed by atoms with Crippen LogP contribution in [-0.4, -0.2) is 122 Å². The first-order valence-corrected chi connectivity index (χ1v) is 32.0. The van der Waals surface area contributed by atoms with Crippen LogP contribution in [0.3, 0.4) is 0 Å². The lowest BCUT2D eigenvalue weighted by Crippen LogP contribution is -2.37. The lowest BCUT2D eigenvalue weighted by atomic mass is 9.87. The lowest BCUT2D eigenvalue weighted by Gasteiger charge is -2.34. The quantitative estimate of drug-likeness (QED) is 0.0759. The monoisotopic (exact) mass is 1220 g/mol. The standard InChI is InChI=1S/C25H31N3O3.C24H28FN3O2.C24H29N3O2/c1-16-4-6-19(7-5-16)23(30)20-8-11-27(12-9-20)13-10-21-18(3)26-24-22(29)14-17(2)15-28(24)25(21)31;1-16-3-8-22-26-17(2)21(24(30)28(22)15-16)11-14-27-12-9-19(10-13-27)23(29)18-4-6-20(25)7-5-18;1-17-6-8-19(9-7-17)23(28)20-10-14-26(15-11-20)16-12-21-18(2)25-22-5-3-4-13-27(22)24(21)29/h4-7,14-15,20,23,29-30H,8-13H2,1-3H3;3-8,15,19,23,29H,9-14H2,1-2H3;3-9,13,20,23,28H,10-12,14-16H2,1-2H3. The number of hydrogen-bond donors (Lipinski definition) is 4. The molecule has 90 heavy (non-hydrogen) atoms. The predicted octanol–water partition coefficient (Wildman–Crippen LogP) is 10.1. The molecule has 0 aliphatic carbocycles. The van der Waals surface area contributed by atoms with Crippen LogP contribution >= 0.6 is 0 Å². The van der Waals surface area contributed by atoms with Gasteiger partial charge in [0.25, 0.3) is 16.7 Å². The van der Waals surface area contributed by atoms with E-state index in [1.54, 1.807) is 39.4 Å². The minimum atomic E-state index is -0.562. The summed E-state index contributed by atoms with van der Waals surface area (Å²) in [5.41, 5.74) is 13.2. The molecule has 3 aromatic carbocycles. The number of benzene rings is 3. The number of aliphatic hydroxyl groups excluding tert-OH is 3. The van der Waals surface area contributed by atoms with Crippen molar-refractivity contribution in [2.45, 2.75) is 125 Å². The third kappa shape index (κ3) is 15.7. The van der Waals surface area contributed by atoms with Crippen LogP contribution in [0.4, 0.5) is 4.39 Å². The van der Waals surface area contributed by atoms with Crippen molar-refractivity contribution in [2.24, 2.45) is 17.8 Å². The van der Waals surface area contributed by atoms with Gasteiger partial charge >= 0.3 is 0 Å². The fourth-order valence-electron chi connectivity index (χ4n) is 13.3. The Kier molecular flexibility index (Phi) is 21.3. The van der Waals surface area contributed by atoms with Gasteiger partial charge in [-0.05, 0) is 227 Å². The molecule has 3 aliphatic rings. The molecule has 4 N–H and O–H groups in total. The van der Waals surface area contributed by atoms with Crippen LogP contribution in [0, 0.1) is 72.0 Å². The fourth-order valence-corrected chi connectivity index (χ4v) is 13.3. The van der Waals surface area contributed by atoms with Crippen molar-refractivity contribution >= 4 is 16.9 Å². The molecule has 6 aromatic heterocycles. The number of aromatic hydroxyl groups is 1. The number of pyridine rings is 3. The van der Waals surface area contributed by atoms with Crippen LogP contribution in [0.25, 0.3) is 16.9 Å². The number of aryl methyl sites for hydroxylation is 7. The first-order chi connectivity index (χ1) is 43.3. The Labute approximate surface area is 526 Å². The second-order valence-corrected chi connectivity index (χ2v) is 25.4. The second kappa shape index (κ2) is 29.5. The maximum Gasteiger partial charge on any atom is 0.261 e. The van der Waals surface area contributed by atoms with E-state index in [0.717, 1.165) is 148 Å². The van der Waals surface area contributed by atoms with Gasteiger partial charge in [-0.2, -0.15) is 0 Å². The van der Waals surface area contributed by atoms with Gasteiger partial charge in [0.1, 0.15) is 17.1 Å². The molecule has 9 aromatic rings. The number of piperidine rings is 3. The van der Waals surface area contributed by atoms with Crippen LogP contribution < -0.4 is 16.7 Å². The molecule has 0 amide bonds. The van der Waals surface area contributed by atoms with Gasteiger partial charge in [-0.1, -0.05) is 83.9 Å².